The van der Waals surface area contributed by atoms with Crippen molar-refractivity contribution in [1.29, 1.82) is 0 Å². The number of esters is 1. The van der Waals surface area contributed by atoms with Crippen LogP contribution in [-0.4, -0.2) is 61.3 Å². The van der Waals surface area contributed by atoms with Gasteiger partial charge in [-0.25, -0.2) is 4.79 Å². The van der Waals surface area contributed by atoms with Gasteiger partial charge in [0.15, 0.2) is 0 Å². The number of alkyl carbamates (subject to hydrolysis) is 1. The van der Waals surface area contributed by atoms with Crippen LogP contribution in [0.2, 0.25) is 0 Å². The van der Waals surface area contributed by atoms with Crippen LogP contribution in [-0.2, 0) is 14.3 Å². The number of piperidine rings is 3. The van der Waals surface area contributed by atoms with E-state index in [2.05, 4.69) is 21.8 Å². The summed E-state index contributed by atoms with van der Waals surface area (Å²) >= 11 is 0. The van der Waals surface area contributed by atoms with Crippen LogP contribution < -0.4 is 10.1 Å². The first-order chi connectivity index (χ1) is 16.0. The van der Waals surface area contributed by atoms with Gasteiger partial charge >= 0.3 is 12.1 Å². The fourth-order valence-corrected chi connectivity index (χ4v) is 5.08. The number of hydrogen-bond donors (Lipinski definition) is 1. The van der Waals surface area contributed by atoms with Gasteiger partial charge in [-0.15, -0.1) is 6.58 Å². The van der Waals surface area contributed by atoms with Crippen LogP contribution in [0.3, 0.4) is 0 Å². The molecule has 1 N–H and O–H groups in total. The molecule has 3 saturated heterocycles. The topological polar surface area (TPSA) is 90.0 Å². The van der Waals surface area contributed by atoms with Gasteiger partial charge in [-0.3, -0.25) is 14.7 Å². The average molecular weight is 454 g/mol. The van der Waals surface area contributed by atoms with E-state index in [9.17, 15) is 9.59 Å². The summed E-state index contributed by atoms with van der Waals surface area (Å²) in [7, 11) is 1.62. The third kappa shape index (κ3) is 4.95. The maximum Gasteiger partial charge on any atom is 0.408 e. The Kier molecular flexibility index (Phi) is 7.13. The molecule has 8 nitrogen and oxygen atoms in total. The van der Waals surface area contributed by atoms with E-state index >= 15 is 0 Å². The lowest BCUT2D eigenvalue weighted by atomic mass is 9.73. The Balaban J connectivity index is 1.65. The Labute approximate surface area is 193 Å². The molecule has 3 aliphatic heterocycles. The van der Waals surface area contributed by atoms with E-state index < -0.39 is 18.2 Å². The molecule has 5 atom stereocenters. The van der Waals surface area contributed by atoms with Crippen LogP contribution in [0.5, 0.6) is 5.75 Å². The number of hydrogen-bond acceptors (Lipinski definition) is 7. The molecule has 0 saturated carbocycles. The molecule has 3 aliphatic rings. The fraction of sp³-hybridized carbons (Fsp3) is 0.480. The first kappa shape index (κ1) is 23.0. The van der Waals surface area contributed by atoms with Gasteiger partial charge in [0.05, 0.1) is 25.3 Å². The summed E-state index contributed by atoms with van der Waals surface area (Å²) < 4.78 is 16.3. The maximum absolute atomic E-state index is 12.7. The highest BCUT2D eigenvalue weighted by atomic mass is 16.6. The summed E-state index contributed by atoms with van der Waals surface area (Å²) in [6, 6.07) is 7.61. The zero-order chi connectivity index (χ0) is 23.4. The van der Waals surface area contributed by atoms with Gasteiger partial charge in [0.25, 0.3) is 0 Å². The van der Waals surface area contributed by atoms with Gasteiger partial charge < -0.3 is 19.5 Å². The molecule has 2 bridgehead atoms. The van der Waals surface area contributed by atoms with Gasteiger partial charge in [-0.2, -0.15) is 0 Å². The molecule has 4 heterocycles. The van der Waals surface area contributed by atoms with Gasteiger partial charge in [0, 0.05) is 23.7 Å². The Morgan fingerprint density at radius 1 is 1.36 bits per heavy atom. The van der Waals surface area contributed by atoms with E-state index in [1.807, 2.05) is 30.3 Å². The number of carbonyl (C=O) groups excluding carboxylic acids is 2. The third-order valence-electron chi connectivity index (χ3n) is 6.71. The molecule has 0 spiro atoms. The summed E-state index contributed by atoms with van der Waals surface area (Å²) in [6.45, 7) is 7.60. The molecule has 0 aliphatic carbocycles. The number of benzene rings is 1. The first-order valence-corrected chi connectivity index (χ1v) is 11.4. The largest absolute Gasteiger partial charge is 0.497 e. The molecule has 2 aromatic rings. The summed E-state index contributed by atoms with van der Waals surface area (Å²) in [5.41, 5.74) is 1.67. The number of aromatic nitrogens is 1. The second kappa shape index (κ2) is 10.2. The number of amides is 1. The molecule has 1 amide bonds. The van der Waals surface area contributed by atoms with Crippen molar-refractivity contribution in [3.8, 4) is 5.75 Å². The molecule has 8 heteroatoms. The number of rotatable bonds is 8. The first-order valence-electron chi connectivity index (χ1n) is 11.4. The molecule has 5 rings (SSSR count). The van der Waals surface area contributed by atoms with Crippen molar-refractivity contribution in [3.63, 3.8) is 0 Å². The number of ether oxygens (including phenoxy) is 3. The Bertz CT molecular complexity index is 1030. The number of carbonyl (C=O) groups is 2. The zero-order valence-electron chi connectivity index (χ0n) is 19.2. The van der Waals surface area contributed by atoms with Crippen LogP contribution in [0.25, 0.3) is 10.9 Å². The van der Waals surface area contributed by atoms with Crippen molar-refractivity contribution >= 4 is 23.0 Å². The SMILES string of the molecule is C=C[C@H]1CN2CC[C@H]1C[C@@H]2[C@@H](OC(=O)NCC(=O)OCC)c1ccnc2ccc(OC)cc12. The molecule has 176 valence electrons. The van der Waals surface area contributed by atoms with Gasteiger partial charge in [-0.05, 0) is 62.4 Å². The molecular formula is C25H31N3O5. The van der Waals surface area contributed by atoms with Crippen LogP contribution in [0.1, 0.15) is 31.4 Å². The van der Waals surface area contributed by atoms with Crippen molar-refractivity contribution in [3.05, 3.63) is 48.7 Å². The Morgan fingerprint density at radius 2 is 2.21 bits per heavy atom. The minimum atomic E-state index is -0.649. The van der Waals surface area contributed by atoms with Crippen molar-refractivity contribution < 1.29 is 23.8 Å². The second-order valence-corrected chi connectivity index (χ2v) is 8.51. The number of nitrogens with one attached hydrogen (secondary N) is 1. The van der Waals surface area contributed by atoms with Crippen LogP contribution in [0.15, 0.2) is 43.1 Å². The summed E-state index contributed by atoms with van der Waals surface area (Å²) in [6.07, 6.45) is 4.61. The molecule has 3 fully saturated rings. The molecule has 33 heavy (non-hydrogen) atoms. The van der Waals surface area contributed by atoms with Crippen LogP contribution in [0, 0.1) is 11.8 Å². The van der Waals surface area contributed by atoms with E-state index in [-0.39, 0.29) is 19.2 Å². The van der Waals surface area contributed by atoms with E-state index in [4.69, 9.17) is 14.2 Å². The van der Waals surface area contributed by atoms with E-state index in [0.29, 0.717) is 17.6 Å². The lowest BCUT2D eigenvalue weighted by molar-refractivity contribution is -0.142. The number of pyridine rings is 1. The van der Waals surface area contributed by atoms with Gasteiger partial charge in [-0.1, -0.05) is 6.08 Å². The van der Waals surface area contributed by atoms with Crippen LogP contribution in [0.4, 0.5) is 4.79 Å². The average Bonchev–Trinajstić information content (AvgIpc) is 2.85. The normalized spacial score (nSPS) is 24.7. The zero-order valence-corrected chi connectivity index (χ0v) is 19.2. The second-order valence-electron chi connectivity index (χ2n) is 8.51. The van der Waals surface area contributed by atoms with Gasteiger partial charge in [0.1, 0.15) is 18.4 Å². The quantitative estimate of drug-likeness (QED) is 0.483. The van der Waals surface area contributed by atoms with Crippen molar-refractivity contribution in [2.24, 2.45) is 11.8 Å². The lowest BCUT2D eigenvalue weighted by Gasteiger charge is -2.51. The highest BCUT2D eigenvalue weighted by molar-refractivity contribution is 5.84. The lowest BCUT2D eigenvalue weighted by Crippen LogP contribution is -2.55. The highest BCUT2D eigenvalue weighted by Gasteiger charge is 2.44. The van der Waals surface area contributed by atoms with Crippen LogP contribution >= 0.6 is 0 Å². The predicted octanol–water partition coefficient (Wildman–Crippen LogP) is 3.47. The van der Waals surface area contributed by atoms with E-state index in [1.165, 1.54) is 0 Å². The fourth-order valence-electron chi connectivity index (χ4n) is 5.08. The number of fused-ring (bicyclic) bond motifs is 4. The smallest absolute Gasteiger partial charge is 0.408 e. The van der Waals surface area contributed by atoms with Crippen molar-refractivity contribution in [2.75, 3.05) is 33.4 Å². The monoisotopic (exact) mass is 453 g/mol. The summed E-state index contributed by atoms with van der Waals surface area (Å²) in [5, 5.41) is 3.41. The molecular weight excluding hydrogens is 422 g/mol. The molecule has 1 aromatic heterocycles. The standard InChI is InChI=1S/C25H31N3O5/c1-4-16-15-28-11-9-17(16)12-22(28)24(33-25(30)27-14-23(29)32-5-2)19-8-10-26-21-7-6-18(31-3)13-20(19)21/h4,6-8,10,13,16-17,22,24H,1,5,9,11-12,14-15H2,2-3H3,(H,27,30)/t16-,17-,22+,24-/m0/s1. The maximum atomic E-state index is 12.7. The van der Waals surface area contributed by atoms with Gasteiger partial charge in [0.2, 0.25) is 0 Å². The molecule has 1 unspecified atom stereocenters. The summed E-state index contributed by atoms with van der Waals surface area (Å²) in [4.78, 5) is 31.3. The summed E-state index contributed by atoms with van der Waals surface area (Å²) in [5.74, 6) is 1.16. The number of nitrogens with zero attached hydrogens (tertiary/aromatic N) is 2. The minimum absolute atomic E-state index is 0.0186. The predicted molar refractivity (Wildman–Crippen MR) is 124 cm³/mol. The van der Waals surface area contributed by atoms with E-state index in [0.717, 1.165) is 42.4 Å². The minimum Gasteiger partial charge on any atom is -0.497 e. The third-order valence-corrected chi connectivity index (χ3v) is 6.71. The molecule has 0 radical (unpaired) electrons. The molecule has 1 aromatic carbocycles. The van der Waals surface area contributed by atoms with Crippen molar-refractivity contribution in [1.82, 2.24) is 15.2 Å². The Hall–Kier alpha value is -3.13. The van der Waals surface area contributed by atoms with Crippen molar-refractivity contribution in [2.45, 2.75) is 31.9 Å². The van der Waals surface area contributed by atoms with E-state index in [1.54, 1.807) is 20.2 Å². The Morgan fingerprint density at radius 3 is 2.91 bits per heavy atom. The highest BCUT2D eigenvalue weighted by Crippen LogP contribution is 2.43. The number of methoxy groups -OCH3 is 1.